The molecule has 134 valence electrons. The molecular formula is C20H14FN3O2S. The molecule has 0 bridgehead atoms. The van der Waals surface area contributed by atoms with Crippen LogP contribution >= 0.6 is 11.3 Å². The Balaban J connectivity index is 1.80. The van der Waals surface area contributed by atoms with Gasteiger partial charge in [-0.05, 0) is 36.3 Å². The average molecular weight is 379 g/mol. The van der Waals surface area contributed by atoms with Gasteiger partial charge in [0, 0.05) is 6.42 Å². The highest BCUT2D eigenvalue weighted by Crippen LogP contribution is 2.08. The van der Waals surface area contributed by atoms with E-state index >= 15 is 0 Å². The van der Waals surface area contributed by atoms with Gasteiger partial charge in [-0.25, -0.2) is 4.39 Å². The normalized spacial score (nSPS) is 12.0. The first-order valence-corrected chi connectivity index (χ1v) is 9.07. The highest BCUT2D eigenvalue weighted by atomic mass is 32.1. The Kier molecular flexibility index (Phi) is 4.37. The minimum Gasteiger partial charge on any atom is -0.266 e. The molecule has 7 heteroatoms. The van der Waals surface area contributed by atoms with Crippen LogP contribution in [-0.2, 0) is 6.42 Å². The summed E-state index contributed by atoms with van der Waals surface area (Å²) in [6.45, 7) is 1.98. The van der Waals surface area contributed by atoms with Gasteiger partial charge in [-0.2, -0.15) is 14.6 Å². The maximum Gasteiger partial charge on any atom is 0.296 e. The van der Waals surface area contributed by atoms with Crippen LogP contribution < -0.4 is 15.7 Å². The zero-order valence-corrected chi connectivity index (χ0v) is 15.2. The van der Waals surface area contributed by atoms with Crippen molar-refractivity contribution < 1.29 is 4.39 Å². The van der Waals surface area contributed by atoms with Gasteiger partial charge in [0.15, 0.2) is 0 Å². The SMILES string of the molecule is Cc1ccc(Cc2nn3c(=O)c(=Cc4cccc(F)c4)sc3nc2=O)cc1. The number of halogens is 1. The third kappa shape index (κ3) is 3.54. The Morgan fingerprint density at radius 3 is 2.67 bits per heavy atom. The van der Waals surface area contributed by atoms with Gasteiger partial charge < -0.3 is 0 Å². The van der Waals surface area contributed by atoms with Crippen LogP contribution in [0.3, 0.4) is 0 Å². The predicted octanol–water partition coefficient (Wildman–Crippen LogP) is 2.10. The number of aromatic nitrogens is 3. The fourth-order valence-corrected chi connectivity index (χ4v) is 3.60. The molecule has 0 spiro atoms. The van der Waals surface area contributed by atoms with Gasteiger partial charge in [0.2, 0.25) is 4.96 Å². The Labute approximate surface area is 157 Å². The van der Waals surface area contributed by atoms with Gasteiger partial charge in [0.1, 0.15) is 11.5 Å². The van der Waals surface area contributed by atoms with Crippen LogP contribution in [0.25, 0.3) is 11.0 Å². The summed E-state index contributed by atoms with van der Waals surface area (Å²) >= 11 is 1.05. The van der Waals surface area contributed by atoms with Gasteiger partial charge in [-0.1, -0.05) is 53.3 Å². The molecule has 0 saturated heterocycles. The van der Waals surface area contributed by atoms with E-state index in [-0.39, 0.29) is 22.0 Å². The molecule has 5 nitrogen and oxygen atoms in total. The summed E-state index contributed by atoms with van der Waals surface area (Å²) in [5, 5.41) is 4.22. The predicted molar refractivity (Wildman–Crippen MR) is 103 cm³/mol. The minimum absolute atomic E-state index is 0.212. The topological polar surface area (TPSA) is 64.3 Å². The second kappa shape index (κ2) is 6.85. The van der Waals surface area contributed by atoms with E-state index in [2.05, 4.69) is 10.1 Å². The highest BCUT2D eigenvalue weighted by Gasteiger charge is 2.11. The Morgan fingerprint density at radius 2 is 1.93 bits per heavy atom. The van der Waals surface area contributed by atoms with Gasteiger partial charge in [0.25, 0.3) is 11.1 Å². The zero-order chi connectivity index (χ0) is 19.0. The van der Waals surface area contributed by atoms with Gasteiger partial charge in [-0.15, -0.1) is 0 Å². The van der Waals surface area contributed by atoms with Crippen LogP contribution in [0.5, 0.6) is 0 Å². The summed E-state index contributed by atoms with van der Waals surface area (Å²) in [4.78, 5) is 29.1. The molecule has 27 heavy (non-hydrogen) atoms. The van der Waals surface area contributed by atoms with E-state index < -0.39 is 5.56 Å². The molecule has 0 saturated carbocycles. The van der Waals surface area contributed by atoms with Crippen LogP contribution in [0.15, 0.2) is 58.1 Å². The van der Waals surface area contributed by atoms with Gasteiger partial charge >= 0.3 is 0 Å². The van der Waals surface area contributed by atoms with Gasteiger partial charge in [0.05, 0.1) is 4.53 Å². The first-order chi connectivity index (χ1) is 13.0. The summed E-state index contributed by atoms with van der Waals surface area (Å²) in [5.41, 5.74) is 1.98. The summed E-state index contributed by atoms with van der Waals surface area (Å²) in [7, 11) is 0. The smallest absolute Gasteiger partial charge is 0.266 e. The van der Waals surface area contributed by atoms with Crippen LogP contribution in [-0.4, -0.2) is 14.6 Å². The number of rotatable bonds is 3. The van der Waals surface area contributed by atoms with Crippen molar-refractivity contribution in [3.63, 3.8) is 0 Å². The Hall–Kier alpha value is -3.19. The van der Waals surface area contributed by atoms with Crippen molar-refractivity contribution in [2.45, 2.75) is 13.3 Å². The second-order valence-corrected chi connectivity index (χ2v) is 7.20. The van der Waals surface area contributed by atoms with E-state index in [0.717, 1.165) is 27.0 Å². The van der Waals surface area contributed by atoms with E-state index in [0.29, 0.717) is 16.5 Å². The molecule has 0 aliphatic rings. The lowest BCUT2D eigenvalue weighted by atomic mass is 10.1. The Bertz CT molecular complexity index is 1310. The molecule has 0 unspecified atom stereocenters. The largest absolute Gasteiger partial charge is 0.296 e. The molecule has 0 atom stereocenters. The number of thiazole rings is 1. The first-order valence-electron chi connectivity index (χ1n) is 8.25. The van der Waals surface area contributed by atoms with E-state index in [1.165, 1.54) is 12.1 Å². The third-order valence-corrected chi connectivity index (χ3v) is 5.05. The molecular weight excluding hydrogens is 365 g/mol. The number of nitrogens with zero attached hydrogens (tertiary/aromatic N) is 3. The van der Waals surface area contributed by atoms with Crippen molar-refractivity contribution in [2.75, 3.05) is 0 Å². The van der Waals surface area contributed by atoms with Crippen molar-refractivity contribution in [1.82, 2.24) is 14.6 Å². The van der Waals surface area contributed by atoms with Crippen molar-refractivity contribution in [3.05, 3.63) is 102 Å². The maximum absolute atomic E-state index is 13.3. The van der Waals surface area contributed by atoms with Crippen LogP contribution in [0, 0.1) is 12.7 Å². The molecule has 0 aliphatic heterocycles. The summed E-state index contributed by atoms with van der Waals surface area (Å²) in [6.07, 6.45) is 1.86. The highest BCUT2D eigenvalue weighted by molar-refractivity contribution is 7.15. The molecule has 4 rings (SSSR count). The summed E-state index contributed by atoms with van der Waals surface area (Å²) < 4.78 is 14.8. The van der Waals surface area contributed by atoms with Crippen LogP contribution in [0.2, 0.25) is 0 Å². The third-order valence-electron chi connectivity index (χ3n) is 4.09. The van der Waals surface area contributed by atoms with Crippen molar-refractivity contribution in [2.24, 2.45) is 0 Å². The monoisotopic (exact) mass is 379 g/mol. The molecule has 0 fully saturated rings. The van der Waals surface area contributed by atoms with Crippen LogP contribution in [0.1, 0.15) is 22.4 Å². The molecule has 2 aromatic heterocycles. The number of hydrogen-bond donors (Lipinski definition) is 0. The lowest BCUT2D eigenvalue weighted by molar-refractivity contribution is 0.627. The lowest BCUT2D eigenvalue weighted by Crippen LogP contribution is -2.28. The number of hydrogen-bond acceptors (Lipinski definition) is 5. The maximum atomic E-state index is 13.3. The minimum atomic E-state index is -0.450. The first kappa shape index (κ1) is 17.2. The second-order valence-electron chi connectivity index (χ2n) is 6.19. The summed E-state index contributed by atoms with van der Waals surface area (Å²) in [6, 6.07) is 13.7. The molecule has 2 aromatic carbocycles. The number of benzene rings is 2. The zero-order valence-electron chi connectivity index (χ0n) is 14.3. The quantitative estimate of drug-likeness (QED) is 0.547. The molecule has 2 heterocycles. The van der Waals surface area contributed by atoms with Gasteiger partial charge in [-0.3, -0.25) is 9.59 Å². The van der Waals surface area contributed by atoms with E-state index in [9.17, 15) is 14.0 Å². The molecule has 0 aliphatic carbocycles. The van der Waals surface area contributed by atoms with Crippen molar-refractivity contribution in [3.8, 4) is 0 Å². The molecule has 0 N–H and O–H groups in total. The fraction of sp³-hybridized carbons (Fsp3) is 0.100. The standard InChI is InChI=1S/C20H14FN3O2S/c1-12-5-7-13(8-6-12)10-16-18(25)22-20-24(23-16)19(26)17(27-20)11-14-3-2-4-15(21)9-14/h2-9,11H,10H2,1H3. The Morgan fingerprint density at radius 1 is 1.15 bits per heavy atom. The number of aryl methyl sites for hydroxylation is 1. The lowest BCUT2D eigenvalue weighted by Gasteiger charge is -2.01. The van der Waals surface area contributed by atoms with Crippen molar-refractivity contribution in [1.29, 1.82) is 0 Å². The van der Waals surface area contributed by atoms with E-state index in [1.54, 1.807) is 18.2 Å². The fourth-order valence-electron chi connectivity index (χ4n) is 2.70. The van der Waals surface area contributed by atoms with Crippen LogP contribution in [0.4, 0.5) is 4.39 Å². The number of fused-ring (bicyclic) bond motifs is 1. The molecule has 4 aromatic rings. The molecule has 0 radical (unpaired) electrons. The van der Waals surface area contributed by atoms with Crippen molar-refractivity contribution >= 4 is 22.4 Å². The molecule has 0 amide bonds. The van der Waals surface area contributed by atoms with E-state index in [1.807, 2.05) is 31.2 Å². The van der Waals surface area contributed by atoms with E-state index in [4.69, 9.17) is 0 Å². The average Bonchev–Trinajstić information content (AvgIpc) is 2.92. The summed E-state index contributed by atoms with van der Waals surface area (Å²) in [5.74, 6) is -0.386.